The van der Waals surface area contributed by atoms with Crippen LogP contribution in [0.25, 0.3) is 0 Å². The van der Waals surface area contributed by atoms with E-state index in [0.29, 0.717) is 5.69 Å². The zero-order chi connectivity index (χ0) is 10.0. The van der Waals surface area contributed by atoms with Crippen LogP contribution in [0.5, 0.6) is 0 Å². The molecular formula is C9H14N2O2. The van der Waals surface area contributed by atoms with E-state index in [4.69, 9.17) is 5.73 Å². The molecule has 0 saturated carbocycles. The summed E-state index contributed by atoms with van der Waals surface area (Å²) in [5.41, 5.74) is 7.13. The van der Waals surface area contributed by atoms with E-state index in [2.05, 4.69) is 4.74 Å². The van der Waals surface area contributed by atoms with Crippen molar-refractivity contribution in [1.82, 2.24) is 4.57 Å². The number of ether oxygens (including phenoxy) is 1. The van der Waals surface area contributed by atoms with E-state index in [1.54, 1.807) is 17.7 Å². The van der Waals surface area contributed by atoms with Crippen LogP contribution in [0.2, 0.25) is 0 Å². The van der Waals surface area contributed by atoms with Crippen molar-refractivity contribution in [2.75, 3.05) is 7.11 Å². The number of carbonyl (C=O) groups excluding carboxylic acids is 1. The minimum absolute atomic E-state index is 0.0652. The van der Waals surface area contributed by atoms with Gasteiger partial charge < -0.3 is 15.0 Å². The highest BCUT2D eigenvalue weighted by Gasteiger charge is 2.12. The second-order valence-corrected chi connectivity index (χ2v) is 3.05. The Morgan fingerprint density at radius 1 is 1.69 bits per heavy atom. The van der Waals surface area contributed by atoms with Crippen molar-refractivity contribution >= 4 is 5.97 Å². The zero-order valence-electron chi connectivity index (χ0n) is 8.07. The molecule has 1 aromatic rings. The molecule has 0 bridgehead atoms. The lowest BCUT2D eigenvalue weighted by atomic mass is 10.2. The molecule has 1 rings (SSSR count). The third-order valence-corrected chi connectivity index (χ3v) is 1.95. The molecule has 0 fully saturated rings. The maximum Gasteiger partial charge on any atom is 0.354 e. The summed E-state index contributed by atoms with van der Waals surface area (Å²) in [6, 6.07) is 1.68. The van der Waals surface area contributed by atoms with Crippen LogP contribution in [0, 0.1) is 0 Å². The number of aryl methyl sites for hydroxylation is 1. The van der Waals surface area contributed by atoms with E-state index < -0.39 is 0 Å². The standard InChI is InChI=1S/C9H14N2O2/c1-6(10)7-4-8(9(12)13-3)11(2)5-7/h4-6H,10H2,1-3H3/t6-/m1/s1. The van der Waals surface area contributed by atoms with E-state index in [9.17, 15) is 4.79 Å². The van der Waals surface area contributed by atoms with Crippen LogP contribution in [-0.2, 0) is 11.8 Å². The lowest BCUT2D eigenvalue weighted by Crippen LogP contribution is -2.06. The maximum atomic E-state index is 11.2. The van der Waals surface area contributed by atoms with Gasteiger partial charge in [-0.15, -0.1) is 0 Å². The molecule has 0 saturated heterocycles. The summed E-state index contributed by atoms with van der Waals surface area (Å²) >= 11 is 0. The van der Waals surface area contributed by atoms with Gasteiger partial charge in [-0.25, -0.2) is 4.79 Å². The molecule has 0 amide bonds. The Kier molecular flexibility index (Phi) is 2.72. The van der Waals surface area contributed by atoms with Crippen molar-refractivity contribution in [3.05, 3.63) is 23.5 Å². The molecule has 2 N–H and O–H groups in total. The molecule has 0 aliphatic heterocycles. The monoisotopic (exact) mass is 182 g/mol. The van der Waals surface area contributed by atoms with Gasteiger partial charge in [-0.2, -0.15) is 0 Å². The van der Waals surface area contributed by atoms with Gasteiger partial charge in [-0.05, 0) is 18.6 Å². The molecule has 0 spiro atoms. The van der Waals surface area contributed by atoms with E-state index in [0.717, 1.165) is 5.56 Å². The number of methoxy groups -OCH3 is 1. The van der Waals surface area contributed by atoms with E-state index in [1.807, 2.05) is 13.1 Å². The number of hydrogen-bond acceptors (Lipinski definition) is 3. The van der Waals surface area contributed by atoms with Crippen LogP contribution >= 0.6 is 0 Å². The maximum absolute atomic E-state index is 11.2. The van der Waals surface area contributed by atoms with E-state index in [-0.39, 0.29) is 12.0 Å². The molecule has 0 aliphatic carbocycles. The third-order valence-electron chi connectivity index (χ3n) is 1.95. The van der Waals surface area contributed by atoms with Gasteiger partial charge in [0.15, 0.2) is 0 Å². The van der Waals surface area contributed by atoms with Crippen LogP contribution in [0.1, 0.15) is 29.0 Å². The molecule has 0 aromatic carbocycles. The molecule has 4 nitrogen and oxygen atoms in total. The minimum Gasteiger partial charge on any atom is -0.464 e. The number of nitrogens with two attached hydrogens (primary N) is 1. The second kappa shape index (κ2) is 3.62. The van der Waals surface area contributed by atoms with E-state index >= 15 is 0 Å². The van der Waals surface area contributed by atoms with Crippen molar-refractivity contribution in [2.45, 2.75) is 13.0 Å². The number of carbonyl (C=O) groups is 1. The molecule has 13 heavy (non-hydrogen) atoms. The van der Waals surface area contributed by atoms with Crippen molar-refractivity contribution in [3.8, 4) is 0 Å². The highest BCUT2D eigenvalue weighted by Crippen LogP contribution is 2.13. The van der Waals surface area contributed by atoms with Crippen LogP contribution in [0.15, 0.2) is 12.3 Å². The average Bonchev–Trinajstić information content (AvgIpc) is 2.46. The molecule has 1 aromatic heterocycles. The summed E-state index contributed by atoms with van der Waals surface area (Å²) < 4.78 is 6.32. The van der Waals surface area contributed by atoms with Gasteiger partial charge in [-0.1, -0.05) is 0 Å². The molecule has 72 valence electrons. The Bertz CT molecular complexity index is 315. The van der Waals surface area contributed by atoms with E-state index in [1.165, 1.54) is 7.11 Å². The number of aromatic nitrogens is 1. The number of hydrogen-bond donors (Lipinski definition) is 1. The largest absolute Gasteiger partial charge is 0.464 e. The molecule has 0 unspecified atom stereocenters. The Hall–Kier alpha value is -1.29. The highest BCUT2D eigenvalue weighted by atomic mass is 16.5. The summed E-state index contributed by atoms with van der Waals surface area (Å²) in [5, 5.41) is 0. The van der Waals surface area contributed by atoms with Gasteiger partial charge in [0.25, 0.3) is 0 Å². The van der Waals surface area contributed by atoms with Gasteiger partial charge in [0.1, 0.15) is 5.69 Å². The minimum atomic E-state index is -0.339. The van der Waals surface area contributed by atoms with Gasteiger partial charge in [0.05, 0.1) is 7.11 Å². The van der Waals surface area contributed by atoms with Crippen molar-refractivity contribution in [2.24, 2.45) is 12.8 Å². The highest BCUT2D eigenvalue weighted by molar-refractivity contribution is 5.87. The number of esters is 1. The first-order valence-electron chi connectivity index (χ1n) is 4.06. The quantitative estimate of drug-likeness (QED) is 0.689. The average molecular weight is 182 g/mol. The molecular weight excluding hydrogens is 168 g/mol. The number of nitrogens with zero attached hydrogens (tertiary/aromatic N) is 1. The topological polar surface area (TPSA) is 57.2 Å². The Morgan fingerprint density at radius 3 is 2.69 bits per heavy atom. The molecule has 4 heteroatoms. The fourth-order valence-electron chi connectivity index (χ4n) is 1.15. The van der Waals surface area contributed by atoms with Crippen molar-refractivity contribution in [3.63, 3.8) is 0 Å². The summed E-state index contributed by atoms with van der Waals surface area (Å²) in [4.78, 5) is 11.2. The van der Waals surface area contributed by atoms with Crippen LogP contribution in [0.4, 0.5) is 0 Å². The van der Waals surface area contributed by atoms with Crippen molar-refractivity contribution < 1.29 is 9.53 Å². The first kappa shape index (κ1) is 9.80. The third kappa shape index (κ3) is 1.89. The zero-order valence-corrected chi connectivity index (χ0v) is 8.07. The molecule has 1 heterocycles. The van der Waals surface area contributed by atoms with Gasteiger partial charge in [0, 0.05) is 19.3 Å². The predicted octanol–water partition coefficient (Wildman–Crippen LogP) is 0.831. The summed E-state index contributed by atoms with van der Waals surface area (Å²) in [6.07, 6.45) is 1.83. The first-order chi connectivity index (χ1) is 6.06. The lowest BCUT2D eigenvalue weighted by Gasteiger charge is -1.98. The smallest absolute Gasteiger partial charge is 0.354 e. The fraction of sp³-hybridized carbons (Fsp3) is 0.444. The molecule has 1 atom stereocenters. The first-order valence-corrected chi connectivity index (χ1v) is 4.06. The molecule has 0 aliphatic rings. The fourth-order valence-corrected chi connectivity index (χ4v) is 1.15. The van der Waals surface area contributed by atoms with Gasteiger partial charge in [0.2, 0.25) is 0 Å². The summed E-state index contributed by atoms with van der Waals surface area (Å²) in [6.45, 7) is 1.87. The predicted molar refractivity (Wildman–Crippen MR) is 49.4 cm³/mol. The van der Waals surface area contributed by atoms with Gasteiger partial charge >= 0.3 is 5.97 Å². The van der Waals surface area contributed by atoms with Gasteiger partial charge in [-0.3, -0.25) is 0 Å². The Labute approximate surface area is 77.3 Å². The van der Waals surface area contributed by atoms with Crippen LogP contribution in [0.3, 0.4) is 0 Å². The number of rotatable bonds is 2. The second-order valence-electron chi connectivity index (χ2n) is 3.05. The normalized spacial score (nSPS) is 12.6. The Morgan fingerprint density at radius 2 is 2.31 bits per heavy atom. The van der Waals surface area contributed by atoms with Crippen LogP contribution in [-0.4, -0.2) is 17.6 Å². The summed E-state index contributed by atoms with van der Waals surface area (Å²) in [5.74, 6) is -0.339. The Balaban J connectivity index is 3.03. The summed E-state index contributed by atoms with van der Waals surface area (Å²) in [7, 11) is 3.15. The SMILES string of the molecule is COC(=O)c1cc([C@@H](C)N)cn1C. The molecule has 0 radical (unpaired) electrons. The van der Waals surface area contributed by atoms with Crippen LogP contribution < -0.4 is 5.73 Å². The van der Waals surface area contributed by atoms with Crippen molar-refractivity contribution in [1.29, 1.82) is 0 Å². The lowest BCUT2D eigenvalue weighted by molar-refractivity contribution is 0.0590.